The number of hydrogen-bond acceptors (Lipinski definition) is 3. The van der Waals surface area contributed by atoms with E-state index in [0.29, 0.717) is 12.0 Å². The van der Waals surface area contributed by atoms with Crippen LogP contribution in [0.3, 0.4) is 0 Å². The van der Waals surface area contributed by atoms with E-state index in [9.17, 15) is 5.11 Å². The van der Waals surface area contributed by atoms with Gasteiger partial charge in [0.2, 0.25) is 0 Å². The zero-order chi connectivity index (χ0) is 9.05. The normalized spacial score (nSPS) is 59.5. The highest BCUT2D eigenvalue weighted by atomic mass is 16.6. The summed E-state index contributed by atoms with van der Waals surface area (Å²) in [5.74, 6) is 1.28. The fourth-order valence-electron chi connectivity index (χ4n) is 3.92. The van der Waals surface area contributed by atoms with Crippen molar-refractivity contribution in [2.45, 2.75) is 38.0 Å². The van der Waals surface area contributed by atoms with Crippen LogP contribution in [0.5, 0.6) is 0 Å². The molecular weight excluding hydrogens is 166 g/mol. The smallest absolute Gasteiger partial charge is 0.160 e. The number of nitrogens with two attached hydrogens (primary N) is 1. The minimum absolute atomic E-state index is 0.0440. The maximum absolute atomic E-state index is 9.84. The van der Waals surface area contributed by atoms with Gasteiger partial charge in [-0.15, -0.1) is 0 Å². The maximum atomic E-state index is 9.84. The Morgan fingerprint density at radius 1 is 1.38 bits per heavy atom. The van der Waals surface area contributed by atoms with Crippen LogP contribution >= 0.6 is 0 Å². The molecule has 0 aromatic heterocycles. The van der Waals surface area contributed by atoms with Crippen molar-refractivity contribution in [3.63, 3.8) is 0 Å². The van der Waals surface area contributed by atoms with Gasteiger partial charge < -0.3 is 15.6 Å². The van der Waals surface area contributed by atoms with E-state index < -0.39 is 6.29 Å². The van der Waals surface area contributed by atoms with Crippen molar-refractivity contribution in [1.29, 1.82) is 0 Å². The van der Waals surface area contributed by atoms with Crippen molar-refractivity contribution in [3.8, 4) is 0 Å². The van der Waals surface area contributed by atoms with Crippen LogP contribution in [0, 0.1) is 17.3 Å². The van der Waals surface area contributed by atoms with Crippen LogP contribution in [0.4, 0.5) is 0 Å². The molecule has 5 atom stereocenters. The number of ether oxygens (including phenoxy) is 1. The lowest BCUT2D eigenvalue weighted by atomic mass is 9.70. The summed E-state index contributed by atoms with van der Waals surface area (Å²) in [6.07, 6.45) is 4.02. The Hall–Kier alpha value is -0.120. The van der Waals surface area contributed by atoms with Gasteiger partial charge in [0, 0.05) is 11.5 Å². The van der Waals surface area contributed by atoms with Crippen LogP contribution in [-0.4, -0.2) is 24.0 Å². The summed E-state index contributed by atoms with van der Waals surface area (Å²) in [6.45, 7) is 0.719. The molecule has 3 heteroatoms. The predicted molar refractivity (Wildman–Crippen MR) is 47.8 cm³/mol. The molecule has 3 N–H and O–H groups in total. The summed E-state index contributed by atoms with van der Waals surface area (Å²) < 4.78 is 5.29. The van der Waals surface area contributed by atoms with Crippen molar-refractivity contribution < 1.29 is 9.84 Å². The SMILES string of the molecule is NC1CC2CC1C1(CCOC1O)C2. The standard InChI is InChI=1S/C10H17NO2/c11-8-4-6-3-7(8)10(5-6)1-2-13-9(10)12/h6-9,12H,1-5,11H2. The molecular formula is C10H17NO2. The van der Waals surface area contributed by atoms with Gasteiger partial charge in [0.15, 0.2) is 6.29 Å². The lowest BCUT2D eigenvalue weighted by Gasteiger charge is -2.38. The van der Waals surface area contributed by atoms with Gasteiger partial charge in [-0.1, -0.05) is 0 Å². The number of hydrogen-bond donors (Lipinski definition) is 2. The lowest BCUT2D eigenvalue weighted by molar-refractivity contribution is -0.136. The molecule has 2 saturated carbocycles. The van der Waals surface area contributed by atoms with Crippen molar-refractivity contribution >= 4 is 0 Å². The second-order valence-electron chi connectivity index (χ2n) is 5.02. The van der Waals surface area contributed by atoms with Gasteiger partial charge in [-0.2, -0.15) is 0 Å². The third kappa shape index (κ3) is 0.901. The van der Waals surface area contributed by atoms with Crippen molar-refractivity contribution in [3.05, 3.63) is 0 Å². The van der Waals surface area contributed by atoms with Gasteiger partial charge in [0.05, 0.1) is 6.61 Å². The summed E-state index contributed by atoms with van der Waals surface area (Å²) in [4.78, 5) is 0. The molecule has 3 aliphatic rings. The zero-order valence-corrected chi connectivity index (χ0v) is 7.78. The average Bonchev–Trinajstić information content (AvgIpc) is 2.69. The maximum Gasteiger partial charge on any atom is 0.160 e. The molecule has 1 saturated heterocycles. The van der Waals surface area contributed by atoms with Crippen LogP contribution in [0.1, 0.15) is 25.7 Å². The number of aliphatic hydroxyl groups excluding tert-OH is 1. The van der Waals surface area contributed by atoms with E-state index in [2.05, 4.69) is 0 Å². The van der Waals surface area contributed by atoms with Crippen molar-refractivity contribution in [2.75, 3.05) is 6.61 Å². The van der Waals surface area contributed by atoms with Crippen molar-refractivity contribution in [1.82, 2.24) is 0 Å². The Morgan fingerprint density at radius 3 is 2.77 bits per heavy atom. The second-order valence-corrected chi connectivity index (χ2v) is 5.02. The largest absolute Gasteiger partial charge is 0.367 e. The monoisotopic (exact) mass is 183 g/mol. The first-order valence-corrected chi connectivity index (χ1v) is 5.27. The topological polar surface area (TPSA) is 55.5 Å². The van der Waals surface area contributed by atoms with E-state index >= 15 is 0 Å². The lowest BCUT2D eigenvalue weighted by Crippen LogP contribution is -2.45. The van der Waals surface area contributed by atoms with Gasteiger partial charge in [0.1, 0.15) is 0 Å². The van der Waals surface area contributed by atoms with Gasteiger partial charge in [-0.05, 0) is 37.5 Å². The minimum atomic E-state index is -0.533. The fourth-order valence-corrected chi connectivity index (χ4v) is 3.92. The summed E-state index contributed by atoms with van der Waals surface area (Å²) in [7, 11) is 0. The van der Waals surface area contributed by atoms with Gasteiger partial charge in [-0.3, -0.25) is 0 Å². The molecule has 2 bridgehead atoms. The van der Waals surface area contributed by atoms with E-state index in [1.54, 1.807) is 0 Å². The Morgan fingerprint density at radius 2 is 2.23 bits per heavy atom. The minimum Gasteiger partial charge on any atom is -0.367 e. The zero-order valence-electron chi connectivity index (χ0n) is 7.78. The third-order valence-corrected chi connectivity index (χ3v) is 4.45. The van der Waals surface area contributed by atoms with Gasteiger partial charge in [-0.25, -0.2) is 0 Å². The predicted octanol–water partition coefficient (Wildman–Crippen LogP) is 0.469. The first-order chi connectivity index (χ1) is 6.22. The molecule has 0 aromatic rings. The van der Waals surface area contributed by atoms with Gasteiger partial charge in [0.25, 0.3) is 0 Å². The van der Waals surface area contributed by atoms with Crippen LogP contribution < -0.4 is 5.73 Å². The first kappa shape index (κ1) is 8.21. The molecule has 0 radical (unpaired) electrons. The van der Waals surface area contributed by atoms with E-state index in [-0.39, 0.29) is 5.41 Å². The number of aliphatic hydroxyl groups is 1. The Kier molecular flexibility index (Phi) is 1.56. The summed E-state index contributed by atoms with van der Waals surface area (Å²) in [6, 6.07) is 0.315. The van der Waals surface area contributed by atoms with Crippen LogP contribution in [0.2, 0.25) is 0 Å². The average molecular weight is 183 g/mol. The van der Waals surface area contributed by atoms with E-state index in [4.69, 9.17) is 10.5 Å². The molecule has 74 valence electrons. The molecule has 1 spiro atoms. The molecule has 3 fully saturated rings. The van der Waals surface area contributed by atoms with Crippen LogP contribution in [0.15, 0.2) is 0 Å². The molecule has 3 nitrogen and oxygen atoms in total. The van der Waals surface area contributed by atoms with Crippen molar-refractivity contribution in [2.24, 2.45) is 23.0 Å². The van der Waals surface area contributed by atoms with E-state index in [1.165, 1.54) is 12.8 Å². The molecule has 5 unspecified atom stereocenters. The summed E-state index contributed by atoms with van der Waals surface area (Å²) in [5.41, 5.74) is 6.11. The molecule has 2 aliphatic carbocycles. The molecule has 13 heavy (non-hydrogen) atoms. The summed E-state index contributed by atoms with van der Waals surface area (Å²) >= 11 is 0. The molecule has 1 heterocycles. The quantitative estimate of drug-likeness (QED) is 0.574. The Labute approximate surface area is 78.3 Å². The first-order valence-electron chi connectivity index (χ1n) is 5.27. The second kappa shape index (κ2) is 2.47. The molecule has 0 amide bonds. The van der Waals surface area contributed by atoms with E-state index in [0.717, 1.165) is 25.4 Å². The van der Waals surface area contributed by atoms with Crippen LogP contribution in [-0.2, 0) is 4.74 Å². The number of fused-ring (bicyclic) bond motifs is 3. The summed E-state index contributed by atoms with van der Waals surface area (Å²) in [5, 5.41) is 9.84. The molecule has 3 rings (SSSR count). The van der Waals surface area contributed by atoms with E-state index in [1.807, 2.05) is 0 Å². The Balaban J connectivity index is 1.92. The van der Waals surface area contributed by atoms with Gasteiger partial charge >= 0.3 is 0 Å². The number of rotatable bonds is 0. The van der Waals surface area contributed by atoms with Crippen LogP contribution in [0.25, 0.3) is 0 Å². The highest BCUT2D eigenvalue weighted by Crippen LogP contribution is 2.60. The highest BCUT2D eigenvalue weighted by molar-refractivity contribution is 5.08. The Bertz CT molecular complexity index is 233. The third-order valence-electron chi connectivity index (χ3n) is 4.45. The molecule has 1 aliphatic heterocycles. The molecule has 0 aromatic carbocycles. The fraction of sp³-hybridized carbons (Fsp3) is 1.00. The highest BCUT2D eigenvalue weighted by Gasteiger charge is 2.60.